The maximum absolute atomic E-state index is 3.74. The van der Waals surface area contributed by atoms with Crippen LogP contribution in [0.2, 0.25) is 0 Å². The van der Waals surface area contributed by atoms with Gasteiger partial charge in [-0.15, -0.1) is 0 Å². The first-order valence-electron chi connectivity index (χ1n) is 8.59. The van der Waals surface area contributed by atoms with E-state index in [0.717, 1.165) is 25.6 Å². The fourth-order valence-electron chi connectivity index (χ4n) is 2.97. The van der Waals surface area contributed by atoms with Gasteiger partial charge in [0.25, 0.3) is 0 Å². The SMILES string of the molecule is CCCNC(c1ccccc1)C(C)CN(CC)CC(C)C. The van der Waals surface area contributed by atoms with Gasteiger partial charge in [0.05, 0.1) is 0 Å². The highest BCUT2D eigenvalue weighted by atomic mass is 15.1. The van der Waals surface area contributed by atoms with Gasteiger partial charge in [-0.1, -0.05) is 65.0 Å². The summed E-state index contributed by atoms with van der Waals surface area (Å²) >= 11 is 0. The van der Waals surface area contributed by atoms with Gasteiger partial charge in [0.2, 0.25) is 0 Å². The third-order valence-corrected chi connectivity index (χ3v) is 3.96. The zero-order chi connectivity index (χ0) is 15.7. The molecule has 2 nitrogen and oxygen atoms in total. The summed E-state index contributed by atoms with van der Waals surface area (Å²) in [4.78, 5) is 2.58. The van der Waals surface area contributed by atoms with Crippen LogP contribution >= 0.6 is 0 Å². The van der Waals surface area contributed by atoms with Crippen molar-refractivity contribution in [3.05, 3.63) is 35.9 Å². The summed E-state index contributed by atoms with van der Waals surface area (Å²) in [5, 5.41) is 3.74. The van der Waals surface area contributed by atoms with Crippen LogP contribution in [0, 0.1) is 11.8 Å². The van der Waals surface area contributed by atoms with Crippen LogP contribution in [-0.4, -0.2) is 31.1 Å². The van der Waals surface area contributed by atoms with Crippen LogP contribution in [0.1, 0.15) is 52.6 Å². The van der Waals surface area contributed by atoms with Crippen LogP contribution in [0.3, 0.4) is 0 Å². The Labute approximate surface area is 131 Å². The standard InChI is InChI=1S/C19H34N2/c1-6-13-20-19(18-11-9-8-10-12-18)17(5)15-21(7-2)14-16(3)4/h8-12,16-17,19-20H,6-7,13-15H2,1-5H3. The van der Waals surface area contributed by atoms with Gasteiger partial charge in [-0.3, -0.25) is 0 Å². The molecular weight excluding hydrogens is 256 g/mol. The minimum atomic E-state index is 0.451. The van der Waals surface area contributed by atoms with Crippen molar-refractivity contribution in [2.24, 2.45) is 11.8 Å². The topological polar surface area (TPSA) is 15.3 Å². The summed E-state index contributed by atoms with van der Waals surface area (Å²) < 4.78 is 0. The predicted octanol–water partition coefficient (Wildman–Crippen LogP) is 4.34. The van der Waals surface area contributed by atoms with Gasteiger partial charge in [0.1, 0.15) is 0 Å². The fraction of sp³-hybridized carbons (Fsp3) is 0.684. The summed E-state index contributed by atoms with van der Waals surface area (Å²) in [6, 6.07) is 11.4. The Hall–Kier alpha value is -0.860. The van der Waals surface area contributed by atoms with Crippen LogP contribution in [-0.2, 0) is 0 Å². The summed E-state index contributed by atoms with van der Waals surface area (Å²) in [5.41, 5.74) is 1.42. The van der Waals surface area contributed by atoms with Crippen LogP contribution in [0.4, 0.5) is 0 Å². The molecule has 0 bridgehead atoms. The van der Waals surface area contributed by atoms with E-state index in [2.05, 4.69) is 75.2 Å². The minimum Gasteiger partial charge on any atom is -0.310 e. The lowest BCUT2D eigenvalue weighted by molar-refractivity contribution is 0.200. The van der Waals surface area contributed by atoms with Crippen LogP contribution in [0.5, 0.6) is 0 Å². The molecule has 2 unspecified atom stereocenters. The lowest BCUT2D eigenvalue weighted by Gasteiger charge is -2.31. The van der Waals surface area contributed by atoms with Gasteiger partial charge in [0, 0.05) is 19.1 Å². The third-order valence-electron chi connectivity index (χ3n) is 3.96. The molecule has 1 N–H and O–H groups in total. The van der Waals surface area contributed by atoms with Crippen molar-refractivity contribution in [2.75, 3.05) is 26.2 Å². The average molecular weight is 290 g/mol. The molecule has 1 rings (SSSR count). The first-order valence-corrected chi connectivity index (χ1v) is 8.59. The number of rotatable bonds is 10. The molecule has 0 aliphatic heterocycles. The second-order valence-electron chi connectivity index (χ2n) is 6.57. The summed E-state index contributed by atoms with van der Waals surface area (Å²) in [6.45, 7) is 16.1. The Bertz CT molecular complexity index is 361. The summed E-state index contributed by atoms with van der Waals surface area (Å²) in [5.74, 6) is 1.34. The molecule has 0 spiro atoms. The number of hydrogen-bond donors (Lipinski definition) is 1. The van der Waals surface area contributed by atoms with E-state index in [1.807, 2.05) is 0 Å². The molecule has 0 radical (unpaired) electrons. The number of hydrogen-bond acceptors (Lipinski definition) is 2. The predicted molar refractivity (Wildman–Crippen MR) is 93.6 cm³/mol. The normalized spacial score (nSPS) is 14.6. The molecular formula is C19H34N2. The molecule has 0 saturated carbocycles. The maximum atomic E-state index is 3.74. The van der Waals surface area contributed by atoms with Crippen molar-refractivity contribution in [3.63, 3.8) is 0 Å². The van der Waals surface area contributed by atoms with Crippen molar-refractivity contribution in [1.82, 2.24) is 10.2 Å². The van der Waals surface area contributed by atoms with E-state index in [0.29, 0.717) is 12.0 Å². The van der Waals surface area contributed by atoms with Crippen molar-refractivity contribution in [3.8, 4) is 0 Å². The van der Waals surface area contributed by atoms with E-state index in [9.17, 15) is 0 Å². The zero-order valence-corrected chi connectivity index (χ0v) is 14.6. The third kappa shape index (κ3) is 6.62. The second kappa shape index (κ2) is 9.97. The van der Waals surface area contributed by atoms with Crippen molar-refractivity contribution in [2.45, 2.75) is 47.1 Å². The van der Waals surface area contributed by atoms with E-state index >= 15 is 0 Å². The Morgan fingerprint density at radius 2 is 1.67 bits per heavy atom. The largest absolute Gasteiger partial charge is 0.310 e. The van der Waals surface area contributed by atoms with Crippen LogP contribution in [0.25, 0.3) is 0 Å². The molecule has 0 aromatic heterocycles. The molecule has 2 atom stereocenters. The first kappa shape index (κ1) is 18.2. The highest BCUT2D eigenvalue weighted by Gasteiger charge is 2.20. The lowest BCUT2D eigenvalue weighted by atomic mass is 9.93. The molecule has 0 fully saturated rings. The summed E-state index contributed by atoms with van der Waals surface area (Å²) in [6.07, 6.45) is 1.18. The van der Waals surface area contributed by atoms with E-state index in [-0.39, 0.29) is 0 Å². The molecule has 0 amide bonds. The number of nitrogens with zero attached hydrogens (tertiary/aromatic N) is 1. The van der Waals surface area contributed by atoms with Gasteiger partial charge in [-0.2, -0.15) is 0 Å². The van der Waals surface area contributed by atoms with E-state index in [1.54, 1.807) is 0 Å². The zero-order valence-electron chi connectivity index (χ0n) is 14.6. The van der Waals surface area contributed by atoms with Gasteiger partial charge in [-0.25, -0.2) is 0 Å². The van der Waals surface area contributed by atoms with Crippen LogP contribution in [0.15, 0.2) is 30.3 Å². The quantitative estimate of drug-likeness (QED) is 0.689. The van der Waals surface area contributed by atoms with Gasteiger partial charge < -0.3 is 10.2 Å². The van der Waals surface area contributed by atoms with Crippen molar-refractivity contribution in [1.29, 1.82) is 0 Å². The Balaban J connectivity index is 2.72. The molecule has 0 aliphatic rings. The Morgan fingerprint density at radius 3 is 2.19 bits per heavy atom. The van der Waals surface area contributed by atoms with Gasteiger partial charge >= 0.3 is 0 Å². The highest BCUT2D eigenvalue weighted by Crippen LogP contribution is 2.23. The van der Waals surface area contributed by atoms with Gasteiger partial charge in [0.15, 0.2) is 0 Å². The Kier molecular flexibility index (Phi) is 8.63. The maximum Gasteiger partial charge on any atom is 0.0358 e. The molecule has 1 aromatic rings. The van der Waals surface area contributed by atoms with Crippen molar-refractivity contribution < 1.29 is 0 Å². The van der Waals surface area contributed by atoms with Gasteiger partial charge in [-0.05, 0) is 36.9 Å². The average Bonchev–Trinajstić information content (AvgIpc) is 2.47. The van der Waals surface area contributed by atoms with Crippen LogP contribution < -0.4 is 5.32 Å². The molecule has 21 heavy (non-hydrogen) atoms. The molecule has 1 aromatic carbocycles. The summed E-state index contributed by atoms with van der Waals surface area (Å²) in [7, 11) is 0. The monoisotopic (exact) mass is 290 g/mol. The molecule has 120 valence electrons. The molecule has 0 aliphatic carbocycles. The first-order chi connectivity index (χ1) is 10.1. The smallest absolute Gasteiger partial charge is 0.0358 e. The van der Waals surface area contributed by atoms with E-state index < -0.39 is 0 Å². The highest BCUT2D eigenvalue weighted by molar-refractivity contribution is 5.19. The van der Waals surface area contributed by atoms with Crippen molar-refractivity contribution >= 4 is 0 Å². The molecule has 0 heterocycles. The Morgan fingerprint density at radius 1 is 1.00 bits per heavy atom. The lowest BCUT2D eigenvalue weighted by Crippen LogP contribution is -2.37. The molecule has 0 saturated heterocycles. The molecule has 2 heteroatoms. The second-order valence-corrected chi connectivity index (χ2v) is 6.57. The fourth-order valence-corrected chi connectivity index (χ4v) is 2.97. The van der Waals surface area contributed by atoms with E-state index in [1.165, 1.54) is 18.5 Å². The minimum absolute atomic E-state index is 0.451. The number of benzene rings is 1. The number of nitrogens with one attached hydrogen (secondary N) is 1. The van der Waals surface area contributed by atoms with E-state index in [4.69, 9.17) is 0 Å².